The Bertz CT molecular complexity index is 3480. The third-order valence-corrected chi connectivity index (χ3v) is 20.3. The molecular formula is C57H37NOSSi. The Kier molecular flexibility index (Phi) is 6.57. The van der Waals surface area contributed by atoms with Gasteiger partial charge < -0.3 is 9.64 Å². The van der Waals surface area contributed by atoms with Gasteiger partial charge in [0.15, 0.2) is 8.07 Å². The largest absolute Gasteiger partial charge is 0.457 e. The van der Waals surface area contributed by atoms with Crippen LogP contribution in [0, 0.1) is 13.8 Å². The first-order valence-electron chi connectivity index (χ1n) is 21.2. The summed E-state index contributed by atoms with van der Waals surface area (Å²) in [6.45, 7) is 4.52. The minimum absolute atomic E-state index is 0.633. The second-order valence-corrected chi connectivity index (χ2v) is 22.0. The van der Waals surface area contributed by atoms with E-state index in [1.54, 1.807) is 0 Å². The molecule has 0 amide bonds. The minimum atomic E-state index is -2.73. The fourth-order valence-corrected chi connectivity index (χ4v) is 18.8. The number of fused-ring (bicyclic) bond motifs is 21. The van der Waals surface area contributed by atoms with Crippen molar-refractivity contribution >= 4 is 77.4 Å². The summed E-state index contributed by atoms with van der Waals surface area (Å²) in [5.74, 6) is 1.80. The molecule has 14 rings (SSSR count). The molecule has 0 radical (unpaired) electrons. The average Bonchev–Trinajstić information content (AvgIpc) is 3.91. The van der Waals surface area contributed by atoms with E-state index in [0.29, 0.717) is 0 Å². The van der Waals surface area contributed by atoms with Crippen LogP contribution in [0.1, 0.15) is 33.4 Å². The van der Waals surface area contributed by atoms with Gasteiger partial charge in [-0.25, -0.2) is 0 Å². The van der Waals surface area contributed by atoms with E-state index in [1.807, 2.05) is 11.3 Å². The van der Waals surface area contributed by atoms with Crippen molar-refractivity contribution in [2.24, 2.45) is 0 Å². The van der Waals surface area contributed by atoms with Crippen molar-refractivity contribution in [1.82, 2.24) is 0 Å². The molecule has 0 bridgehead atoms. The number of hydrogen-bond donors (Lipinski definition) is 0. The highest BCUT2D eigenvalue weighted by molar-refractivity contribution is 7.26. The van der Waals surface area contributed by atoms with Crippen molar-refractivity contribution in [3.8, 4) is 33.8 Å². The molecule has 0 saturated heterocycles. The molecule has 10 aromatic rings. The maximum absolute atomic E-state index is 6.79. The smallest absolute Gasteiger partial charge is 0.182 e. The van der Waals surface area contributed by atoms with Crippen molar-refractivity contribution < 1.29 is 4.74 Å². The van der Waals surface area contributed by atoms with Crippen LogP contribution in [0.3, 0.4) is 0 Å². The van der Waals surface area contributed by atoms with Crippen molar-refractivity contribution in [3.63, 3.8) is 0 Å². The number of anilines is 3. The van der Waals surface area contributed by atoms with E-state index in [2.05, 4.69) is 207 Å². The van der Waals surface area contributed by atoms with Gasteiger partial charge in [0, 0.05) is 37.0 Å². The lowest BCUT2D eigenvalue weighted by molar-refractivity contribution is 0.434. The first kappa shape index (κ1) is 33.8. The average molecular weight is 812 g/mol. The topological polar surface area (TPSA) is 12.5 Å². The second kappa shape index (κ2) is 11.9. The summed E-state index contributed by atoms with van der Waals surface area (Å²) in [4.78, 5) is 2.59. The van der Waals surface area contributed by atoms with Gasteiger partial charge in [0.2, 0.25) is 0 Å². The summed E-state index contributed by atoms with van der Waals surface area (Å²) in [6.07, 6.45) is 0. The van der Waals surface area contributed by atoms with Gasteiger partial charge in [-0.15, -0.1) is 11.3 Å². The lowest BCUT2D eigenvalue weighted by Crippen LogP contribution is -2.70. The Balaban J connectivity index is 1.11. The number of aryl methyl sites for hydroxylation is 2. The van der Waals surface area contributed by atoms with E-state index in [-0.39, 0.29) is 0 Å². The molecule has 0 atom stereocenters. The van der Waals surface area contributed by atoms with Gasteiger partial charge in [-0.2, -0.15) is 0 Å². The zero-order chi connectivity index (χ0) is 40.2. The van der Waals surface area contributed by atoms with E-state index in [0.717, 1.165) is 11.5 Å². The normalized spacial score (nSPS) is 15.1. The lowest BCUT2D eigenvalue weighted by Gasteiger charge is -2.48. The maximum atomic E-state index is 6.79. The molecule has 0 saturated carbocycles. The molecule has 0 unspecified atom stereocenters. The molecule has 0 aliphatic carbocycles. The lowest BCUT2D eigenvalue weighted by atomic mass is 9.61. The van der Waals surface area contributed by atoms with Gasteiger partial charge in [0.05, 0.1) is 16.8 Å². The fraction of sp³-hybridized carbons (Fsp3) is 0.0526. The highest BCUT2D eigenvalue weighted by Crippen LogP contribution is 2.63. The molecule has 4 aliphatic heterocycles. The van der Waals surface area contributed by atoms with E-state index in [1.165, 1.54) is 114 Å². The van der Waals surface area contributed by atoms with Crippen molar-refractivity contribution in [3.05, 3.63) is 221 Å². The predicted molar refractivity (Wildman–Crippen MR) is 257 cm³/mol. The van der Waals surface area contributed by atoms with Gasteiger partial charge in [0.1, 0.15) is 11.5 Å². The Morgan fingerprint density at radius 2 is 1.00 bits per heavy atom. The number of para-hydroxylation sites is 3. The molecular weight excluding hydrogens is 775 g/mol. The number of nitrogens with zero attached hydrogens (tertiary/aromatic N) is 1. The van der Waals surface area contributed by atoms with Crippen LogP contribution < -0.4 is 30.4 Å². The van der Waals surface area contributed by atoms with Crippen molar-refractivity contribution in [1.29, 1.82) is 0 Å². The molecule has 9 aromatic carbocycles. The zero-order valence-corrected chi connectivity index (χ0v) is 35.5. The molecule has 2 spiro atoms. The van der Waals surface area contributed by atoms with Crippen LogP contribution in [0.25, 0.3) is 42.4 Å². The Labute approximate surface area is 359 Å². The highest BCUT2D eigenvalue weighted by Gasteiger charge is 2.55. The molecule has 4 aliphatic rings. The zero-order valence-electron chi connectivity index (χ0n) is 33.7. The van der Waals surface area contributed by atoms with Crippen LogP contribution >= 0.6 is 11.3 Å². The SMILES string of the molecule is Cc1ccc2c(c1)[Si]1(c3ccccc3-c3ccc(N4c5ccccc5C5(c6ccccc6Oc6ccccc65)c5cc6c(cc54)sc4ccccc46)cc31)c1cc(C)ccc1-2. The monoisotopic (exact) mass is 811 g/mol. The summed E-state index contributed by atoms with van der Waals surface area (Å²) >= 11 is 1.89. The summed E-state index contributed by atoms with van der Waals surface area (Å²) in [5, 5.41) is 8.59. The Morgan fingerprint density at radius 1 is 0.426 bits per heavy atom. The van der Waals surface area contributed by atoms with Crippen LogP contribution in [0.2, 0.25) is 0 Å². The van der Waals surface area contributed by atoms with Gasteiger partial charge in [0.25, 0.3) is 0 Å². The minimum Gasteiger partial charge on any atom is -0.457 e. The predicted octanol–water partition coefficient (Wildman–Crippen LogP) is 12.3. The van der Waals surface area contributed by atoms with E-state index in [4.69, 9.17) is 4.74 Å². The van der Waals surface area contributed by atoms with Gasteiger partial charge in [-0.1, -0.05) is 151 Å². The van der Waals surface area contributed by atoms with Gasteiger partial charge in [-0.3, -0.25) is 0 Å². The number of benzene rings is 9. The Morgan fingerprint density at radius 3 is 1.74 bits per heavy atom. The van der Waals surface area contributed by atoms with E-state index >= 15 is 0 Å². The number of thiophene rings is 1. The third-order valence-electron chi connectivity index (χ3n) is 14.2. The molecule has 4 heteroatoms. The molecule has 1 aromatic heterocycles. The molecule has 0 N–H and O–H groups in total. The van der Waals surface area contributed by atoms with E-state index in [9.17, 15) is 0 Å². The van der Waals surface area contributed by atoms with Gasteiger partial charge >= 0.3 is 0 Å². The second-order valence-electron chi connectivity index (χ2n) is 17.3. The summed E-state index contributed by atoms with van der Waals surface area (Å²) in [7, 11) is -2.73. The summed E-state index contributed by atoms with van der Waals surface area (Å²) < 4.78 is 9.38. The molecule has 2 nitrogen and oxygen atoms in total. The van der Waals surface area contributed by atoms with Crippen LogP contribution in [0.5, 0.6) is 11.5 Å². The van der Waals surface area contributed by atoms with Crippen molar-refractivity contribution in [2.45, 2.75) is 19.3 Å². The standard InChI is InChI=1S/C57H37NOSSi/c1-34-23-26-39-40-27-24-35(2)30-55(40)61(54(39)29-34)53-22-12-4-14-38(53)41-28-25-36(31-56(41)61)58-47-18-8-5-15-43(47)57(44-16-6-9-19-49(44)59-50-20-10-7-17-45(50)57)46-32-42-37-13-3-11-21-51(37)60-52(42)33-48(46)58/h3-33H,1-2H3. The Hall–Kier alpha value is -6.98. The molecule has 61 heavy (non-hydrogen) atoms. The molecule has 286 valence electrons. The highest BCUT2D eigenvalue weighted by atomic mass is 32.1. The molecule has 0 fully saturated rings. The van der Waals surface area contributed by atoms with Gasteiger partial charge in [-0.05, 0) is 117 Å². The van der Waals surface area contributed by atoms with Crippen LogP contribution in [0.15, 0.2) is 188 Å². The fourth-order valence-electron chi connectivity index (χ4n) is 11.9. The summed E-state index contributed by atoms with van der Waals surface area (Å²) in [6, 6.07) is 71.6. The van der Waals surface area contributed by atoms with Crippen LogP contribution in [-0.2, 0) is 5.41 Å². The first-order chi connectivity index (χ1) is 30.0. The van der Waals surface area contributed by atoms with Crippen LogP contribution in [-0.4, -0.2) is 8.07 Å². The summed E-state index contributed by atoms with van der Waals surface area (Å²) in [5.41, 5.74) is 15.9. The number of ether oxygens (including phenoxy) is 1. The number of rotatable bonds is 1. The maximum Gasteiger partial charge on any atom is 0.182 e. The number of hydrogen-bond acceptors (Lipinski definition) is 3. The van der Waals surface area contributed by atoms with E-state index < -0.39 is 13.5 Å². The van der Waals surface area contributed by atoms with Crippen LogP contribution in [0.4, 0.5) is 17.1 Å². The van der Waals surface area contributed by atoms with Crippen molar-refractivity contribution in [2.75, 3.05) is 4.90 Å². The third kappa shape index (κ3) is 4.12. The molecule has 5 heterocycles. The quantitative estimate of drug-likeness (QED) is 0.153. The first-order valence-corrected chi connectivity index (χ1v) is 24.1.